The van der Waals surface area contributed by atoms with E-state index in [0.29, 0.717) is 17.2 Å². The van der Waals surface area contributed by atoms with Crippen LogP contribution >= 0.6 is 11.8 Å². The fourth-order valence-corrected chi connectivity index (χ4v) is 4.72. The van der Waals surface area contributed by atoms with Crippen molar-refractivity contribution in [1.29, 1.82) is 0 Å². The average molecular weight is 301 g/mol. The summed E-state index contributed by atoms with van der Waals surface area (Å²) in [6, 6.07) is 15.9. The zero-order valence-corrected chi connectivity index (χ0v) is 13.2. The van der Waals surface area contributed by atoms with Crippen molar-refractivity contribution in [3.63, 3.8) is 0 Å². The third-order valence-electron chi connectivity index (χ3n) is 4.21. The lowest BCUT2D eigenvalue weighted by atomic mass is 9.81. The molecule has 110 valence electrons. The molecule has 1 aliphatic carbocycles. The maximum absolute atomic E-state index is 13.4. The van der Waals surface area contributed by atoms with E-state index in [9.17, 15) is 4.39 Å². The highest BCUT2D eigenvalue weighted by atomic mass is 32.2. The molecule has 1 nitrogen and oxygen atoms in total. The van der Waals surface area contributed by atoms with Crippen molar-refractivity contribution < 1.29 is 4.39 Å². The minimum atomic E-state index is -0.162. The van der Waals surface area contributed by atoms with Gasteiger partial charge in [0.1, 0.15) is 5.82 Å². The Morgan fingerprint density at radius 2 is 1.86 bits per heavy atom. The summed E-state index contributed by atoms with van der Waals surface area (Å²) in [5, 5.41) is 3.87. The van der Waals surface area contributed by atoms with Gasteiger partial charge >= 0.3 is 0 Å². The Balaban J connectivity index is 1.89. The maximum Gasteiger partial charge on any atom is 0.124 e. The minimum absolute atomic E-state index is 0.162. The van der Waals surface area contributed by atoms with Gasteiger partial charge in [-0.05, 0) is 48.7 Å². The van der Waals surface area contributed by atoms with Crippen LogP contribution in [0.4, 0.5) is 4.39 Å². The first-order chi connectivity index (χ1) is 10.2. The molecule has 0 bridgehead atoms. The lowest BCUT2D eigenvalue weighted by Gasteiger charge is -2.36. The van der Waals surface area contributed by atoms with Crippen LogP contribution in [0, 0.1) is 5.82 Å². The number of fused-ring (bicyclic) bond motifs is 1. The zero-order chi connectivity index (χ0) is 14.8. The highest BCUT2D eigenvalue weighted by Gasteiger charge is 2.32. The summed E-state index contributed by atoms with van der Waals surface area (Å²) in [7, 11) is 2.01. The third-order valence-corrected chi connectivity index (χ3v) is 5.51. The van der Waals surface area contributed by atoms with Gasteiger partial charge in [0.05, 0.1) is 0 Å². The van der Waals surface area contributed by atoms with Crippen molar-refractivity contribution in [2.45, 2.75) is 35.4 Å². The van der Waals surface area contributed by atoms with E-state index >= 15 is 0 Å². The number of hydrogen-bond donors (Lipinski definition) is 1. The van der Waals surface area contributed by atoms with Crippen molar-refractivity contribution in [2.75, 3.05) is 7.05 Å². The second-order valence-corrected chi connectivity index (χ2v) is 6.96. The van der Waals surface area contributed by atoms with Gasteiger partial charge in [-0.15, -0.1) is 11.8 Å². The smallest absolute Gasteiger partial charge is 0.124 e. The maximum atomic E-state index is 13.4. The number of thioether (sulfide) groups is 1. The van der Waals surface area contributed by atoms with Crippen LogP contribution in [-0.2, 0) is 0 Å². The van der Waals surface area contributed by atoms with E-state index in [1.54, 1.807) is 23.9 Å². The van der Waals surface area contributed by atoms with Crippen molar-refractivity contribution >= 4 is 11.8 Å². The van der Waals surface area contributed by atoms with E-state index in [1.807, 2.05) is 13.1 Å². The molecule has 2 aromatic rings. The molecule has 0 amide bonds. The molecule has 1 N–H and O–H groups in total. The molecule has 3 heteroatoms. The minimum Gasteiger partial charge on any atom is -0.312 e. The summed E-state index contributed by atoms with van der Waals surface area (Å²) >= 11 is 1.78. The molecule has 0 heterocycles. The zero-order valence-electron chi connectivity index (χ0n) is 12.3. The summed E-state index contributed by atoms with van der Waals surface area (Å²) in [5.41, 5.74) is 2.82. The van der Waals surface area contributed by atoms with Gasteiger partial charge in [-0.2, -0.15) is 0 Å². The van der Waals surface area contributed by atoms with Crippen LogP contribution in [0.5, 0.6) is 0 Å². The van der Waals surface area contributed by atoms with Crippen LogP contribution in [0.3, 0.4) is 0 Å². The SMILES string of the molecule is CNC1c2ccccc2C(C)CC1Sc1cccc(F)c1. The van der Waals surface area contributed by atoms with Gasteiger partial charge in [-0.1, -0.05) is 37.3 Å². The molecule has 3 rings (SSSR count). The number of halogens is 1. The van der Waals surface area contributed by atoms with Crippen molar-refractivity contribution in [3.8, 4) is 0 Å². The van der Waals surface area contributed by atoms with Gasteiger partial charge in [-0.3, -0.25) is 0 Å². The second kappa shape index (κ2) is 6.20. The Morgan fingerprint density at radius 1 is 1.10 bits per heavy atom. The largest absolute Gasteiger partial charge is 0.312 e. The van der Waals surface area contributed by atoms with Crippen LogP contribution in [0.2, 0.25) is 0 Å². The van der Waals surface area contributed by atoms with Crippen LogP contribution in [0.15, 0.2) is 53.4 Å². The predicted octanol–water partition coefficient (Wildman–Crippen LogP) is 4.75. The fraction of sp³-hybridized carbons (Fsp3) is 0.333. The molecule has 0 aliphatic heterocycles. The summed E-state index contributed by atoms with van der Waals surface area (Å²) < 4.78 is 13.4. The highest BCUT2D eigenvalue weighted by Crippen LogP contribution is 2.44. The molecule has 3 atom stereocenters. The molecule has 0 saturated heterocycles. The summed E-state index contributed by atoms with van der Waals surface area (Å²) in [6.07, 6.45) is 1.10. The normalized spacial score (nSPS) is 24.6. The van der Waals surface area contributed by atoms with E-state index in [0.717, 1.165) is 11.3 Å². The van der Waals surface area contributed by atoms with Crippen LogP contribution in [-0.4, -0.2) is 12.3 Å². The van der Waals surface area contributed by atoms with Gasteiger partial charge in [0.2, 0.25) is 0 Å². The number of hydrogen-bond acceptors (Lipinski definition) is 2. The summed E-state index contributed by atoms with van der Waals surface area (Å²) in [4.78, 5) is 1.01. The van der Waals surface area contributed by atoms with Crippen LogP contribution < -0.4 is 5.32 Å². The summed E-state index contributed by atoms with van der Waals surface area (Å²) in [6.45, 7) is 2.28. The van der Waals surface area contributed by atoms with Gasteiger partial charge < -0.3 is 5.32 Å². The summed E-state index contributed by atoms with van der Waals surface area (Å²) in [5.74, 6) is 0.377. The fourth-order valence-electron chi connectivity index (χ4n) is 3.23. The van der Waals surface area contributed by atoms with Gasteiger partial charge in [0.15, 0.2) is 0 Å². The number of nitrogens with one attached hydrogen (secondary N) is 1. The van der Waals surface area contributed by atoms with E-state index in [4.69, 9.17) is 0 Å². The number of benzene rings is 2. The van der Waals surface area contributed by atoms with Crippen LogP contribution in [0.1, 0.15) is 36.4 Å². The van der Waals surface area contributed by atoms with Gasteiger partial charge in [-0.25, -0.2) is 4.39 Å². The molecule has 1 aliphatic rings. The molecule has 2 aromatic carbocycles. The van der Waals surface area contributed by atoms with Crippen molar-refractivity contribution in [1.82, 2.24) is 5.32 Å². The van der Waals surface area contributed by atoms with E-state index in [2.05, 4.69) is 36.5 Å². The lowest BCUT2D eigenvalue weighted by Crippen LogP contribution is -2.33. The van der Waals surface area contributed by atoms with E-state index < -0.39 is 0 Å². The number of rotatable bonds is 3. The van der Waals surface area contributed by atoms with E-state index in [-0.39, 0.29) is 5.82 Å². The molecule has 21 heavy (non-hydrogen) atoms. The molecular weight excluding hydrogens is 281 g/mol. The molecule has 0 fully saturated rings. The highest BCUT2D eigenvalue weighted by molar-refractivity contribution is 8.00. The molecule has 3 unspecified atom stereocenters. The Morgan fingerprint density at radius 3 is 2.57 bits per heavy atom. The first-order valence-corrected chi connectivity index (χ1v) is 8.25. The molecule has 0 aromatic heterocycles. The van der Waals surface area contributed by atoms with Gasteiger partial charge in [0.25, 0.3) is 0 Å². The molecule has 0 saturated carbocycles. The topological polar surface area (TPSA) is 12.0 Å². The van der Waals surface area contributed by atoms with Crippen LogP contribution in [0.25, 0.3) is 0 Å². The first kappa shape index (κ1) is 14.6. The Bertz CT molecular complexity index is 628. The third kappa shape index (κ3) is 2.99. The standard InChI is InChI=1S/C18H20FNS/c1-12-10-17(21-14-7-5-6-13(19)11-14)18(20-2)16-9-4-3-8-15(12)16/h3-9,11-12,17-18,20H,10H2,1-2H3. The monoisotopic (exact) mass is 301 g/mol. The predicted molar refractivity (Wildman–Crippen MR) is 87.3 cm³/mol. The first-order valence-electron chi connectivity index (χ1n) is 7.37. The Labute approximate surface area is 130 Å². The van der Waals surface area contributed by atoms with E-state index in [1.165, 1.54) is 17.2 Å². The molecular formula is C18H20FNS. The average Bonchev–Trinajstić information content (AvgIpc) is 2.48. The second-order valence-electron chi connectivity index (χ2n) is 5.65. The van der Waals surface area contributed by atoms with Crippen molar-refractivity contribution in [2.24, 2.45) is 0 Å². The van der Waals surface area contributed by atoms with Crippen molar-refractivity contribution in [3.05, 3.63) is 65.5 Å². The van der Waals surface area contributed by atoms with Gasteiger partial charge in [0, 0.05) is 16.2 Å². The quantitative estimate of drug-likeness (QED) is 0.877. The Kier molecular flexibility index (Phi) is 4.32. The Hall–Kier alpha value is -1.32. The molecule has 0 spiro atoms. The molecule has 0 radical (unpaired) electrons. The lowest BCUT2D eigenvalue weighted by molar-refractivity contribution is 0.473.